The Morgan fingerprint density at radius 1 is 0.490 bits per heavy atom. The summed E-state index contributed by atoms with van der Waals surface area (Å²) in [4.78, 5) is 5.12. The average Bonchev–Trinajstić information content (AvgIpc) is 3.13. The minimum absolute atomic E-state index is 0.135. The van der Waals surface area contributed by atoms with Crippen molar-refractivity contribution >= 4 is 57.2 Å². The second-order valence-electron chi connectivity index (χ2n) is 14.0. The van der Waals surface area contributed by atoms with Gasteiger partial charge >= 0.3 is 0 Å². The molecule has 2 heterocycles. The van der Waals surface area contributed by atoms with E-state index in [1.54, 1.807) is 0 Å². The van der Waals surface area contributed by atoms with Gasteiger partial charge in [0.05, 0.1) is 5.69 Å². The van der Waals surface area contributed by atoms with Gasteiger partial charge in [-0.1, -0.05) is 117 Å². The topological polar surface area (TPSA) is 6.48 Å². The van der Waals surface area contributed by atoms with Crippen molar-refractivity contribution in [3.05, 3.63) is 150 Å². The van der Waals surface area contributed by atoms with E-state index in [1.807, 2.05) is 0 Å². The van der Waals surface area contributed by atoms with E-state index in [2.05, 4.69) is 165 Å². The number of hydrogen-bond acceptors (Lipinski definition) is 2. The van der Waals surface area contributed by atoms with Crippen molar-refractivity contribution in [2.75, 3.05) is 9.80 Å². The summed E-state index contributed by atoms with van der Waals surface area (Å²) < 4.78 is 0. The molecule has 0 atom stereocenters. The Bertz CT molecular complexity index is 2130. The van der Waals surface area contributed by atoms with E-state index in [9.17, 15) is 0 Å². The van der Waals surface area contributed by atoms with Crippen molar-refractivity contribution in [1.82, 2.24) is 0 Å². The molecule has 0 N–H and O–H groups in total. The Kier molecular flexibility index (Phi) is 8.37. The predicted molar refractivity (Wildman–Crippen MR) is 213 cm³/mol. The molecule has 6 aromatic rings. The highest BCUT2D eigenvalue weighted by atomic mass is 15.2. The predicted octanol–water partition coefficient (Wildman–Crippen LogP) is 10.7. The first-order valence-electron chi connectivity index (χ1n) is 18.3. The van der Waals surface area contributed by atoms with Crippen molar-refractivity contribution in [2.24, 2.45) is 0 Å². The molecule has 0 bridgehead atoms. The van der Waals surface area contributed by atoms with E-state index >= 15 is 0 Å². The third kappa shape index (κ3) is 5.56. The lowest BCUT2D eigenvalue weighted by molar-refractivity contribution is 0.795. The number of hydrogen-bond donors (Lipinski definition) is 0. The quantitative estimate of drug-likeness (QED) is 0.146. The lowest BCUT2D eigenvalue weighted by atomic mass is 9.33. The van der Waals surface area contributed by atoms with Crippen molar-refractivity contribution in [3.8, 4) is 11.1 Å². The number of benzene rings is 6. The maximum absolute atomic E-state index is 2.59. The van der Waals surface area contributed by atoms with E-state index < -0.39 is 0 Å². The van der Waals surface area contributed by atoms with Gasteiger partial charge < -0.3 is 9.80 Å². The molecule has 8 rings (SSSR count). The van der Waals surface area contributed by atoms with E-state index in [1.165, 1.54) is 110 Å². The van der Waals surface area contributed by atoms with Crippen LogP contribution in [0.15, 0.2) is 127 Å². The third-order valence-electron chi connectivity index (χ3n) is 10.5. The first-order valence-corrected chi connectivity index (χ1v) is 18.3. The average molecular weight is 637 g/mol. The van der Waals surface area contributed by atoms with E-state index in [0.717, 1.165) is 12.8 Å². The van der Waals surface area contributed by atoms with Crippen LogP contribution in [-0.2, 0) is 12.8 Å². The first kappa shape index (κ1) is 31.3. The number of aryl methyl sites for hydroxylation is 4. The van der Waals surface area contributed by atoms with Gasteiger partial charge in [-0.05, 0) is 121 Å². The molecule has 242 valence electrons. The van der Waals surface area contributed by atoms with Gasteiger partial charge in [-0.25, -0.2) is 0 Å². The fraction of sp³-hybridized carbons (Fsp3) is 0.217. The van der Waals surface area contributed by atoms with Gasteiger partial charge in [0.15, 0.2) is 0 Å². The number of nitrogens with zero attached hydrogens (tertiary/aromatic N) is 2. The molecule has 0 saturated heterocycles. The fourth-order valence-electron chi connectivity index (χ4n) is 8.10. The minimum atomic E-state index is 0.135. The molecule has 0 unspecified atom stereocenters. The molecule has 0 spiro atoms. The summed E-state index contributed by atoms with van der Waals surface area (Å²) in [6, 6.07) is 48.4. The lowest BCUT2D eigenvalue weighted by Crippen LogP contribution is -2.61. The molecule has 3 heteroatoms. The number of anilines is 6. The monoisotopic (exact) mass is 636 g/mol. The minimum Gasteiger partial charge on any atom is -0.311 e. The molecule has 0 amide bonds. The van der Waals surface area contributed by atoms with Crippen molar-refractivity contribution in [2.45, 2.75) is 66.2 Å². The Balaban J connectivity index is 1.41. The maximum Gasteiger partial charge on any atom is 0.252 e. The normalized spacial score (nSPS) is 12.9. The van der Waals surface area contributed by atoms with Crippen molar-refractivity contribution in [1.29, 1.82) is 0 Å². The number of para-hydroxylation sites is 1. The highest BCUT2D eigenvalue weighted by Gasteiger charge is 2.43. The van der Waals surface area contributed by atoms with E-state index in [4.69, 9.17) is 0 Å². The number of fused-ring (bicyclic) bond motifs is 4. The van der Waals surface area contributed by atoms with Gasteiger partial charge in [-0.3, -0.25) is 0 Å². The molecule has 2 aliphatic rings. The summed E-state index contributed by atoms with van der Waals surface area (Å²) in [5, 5.41) is 0. The van der Waals surface area contributed by atoms with Crippen LogP contribution in [0.4, 0.5) is 34.1 Å². The van der Waals surface area contributed by atoms with Gasteiger partial charge in [0.25, 0.3) is 6.71 Å². The Hall–Kier alpha value is -5.02. The second-order valence-corrected chi connectivity index (χ2v) is 14.0. The van der Waals surface area contributed by atoms with Crippen LogP contribution < -0.4 is 26.2 Å². The smallest absolute Gasteiger partial charge is 0.252 e. The Morgan fingerprint density at radius 3 is 1.92 bits per heavy atom. The summed E-state index contributed by atoms with van der Waals surface area (Å²) >= 11 is 0. The molecule has 0 fully saturated rings. The standard InChI is InChI=1S/C46H45BN2/c1-5-7-14-34-21-24-37(25-22-34)48-42-27-20-32(3)28-40(42)47-39-26-23-35(15-8-6-2)31-43(39)49(45-30-33(4)29-44(48)46(45)47)41-19-13-12-18-38(41)36-16-10-9-11-17-36/h9-13,16-31H,5-8,14-15H2,1-4H3. The summed E-state index contributed by atoms with van der Waals surface area (Å²) in [7, 11) is 0. The van der Waals surface area contributed by atoms with Gasteiger partial charge in [-0.15, -0.1) is 0 Å². The van der Waals surface area contributed by atoms with E-state index in [-0.39, 0.29) is 6.71 Å². The number of unbranched alkanes of at least 4 members (excludes halogenated alkanes) is 2. The van der Waals surface area contributed by atoms with E-state index in [0.29, 0.717) is 0 Å². The molecule has 6 aromatic carbocycles. The molecule has 2 nitrogen and oxygen atoms in total. The van der Waals surface area contributed by atoms with Crippen molar-refractivity contribution < 1.29 is 0 Å². The summed E-state index contributed by atoms with van der Waals surface area (Å²) in [6.45, 7) is 9.18. The summed E-state index contributed by atoms with van der Waals surface area (Å²) in [5.74, 6) is 0. The molecule has 0 radical (unpaired) electrons. The largest absolute Gasteiger partial charge is 0.311 e. The zero-order chi connectivity index (χ0) is 33.5. The van der Waals surface area contributed by atoms with Gasteiger partial charge in [0.2, 0.25) is 0 Å². The zero-order valence-corrected chi connectivity index (χ0v) is 29.3. The molecule has 49 heavy (non-hydrogen) atoms. The molecule has 0 aromatic heterocycles. The SMILES string of the molecule is CCCCc1ccc(N2c3ccc(C)cc3B3c4ccc(CCCC)cc4N(c4ccccc4-c4ccccc4)c4cc(C)cc2c43)cc1. The van der Waals surface area contributed by atoms with Crippen LogP contribution in [0, 0.1) is 13.8 Å². The van der Waals surface area contributed by atoms with Crippen LogP contribution in [0.5, 0.6) is 0 Å². The Labute approximate surface area is 293 Å². The van der Waals surface area contributed by atoms with Gasteiger partial charge in [-0.2, -0.15) is 0 Å². The Morgan fingerprint density at radius 2 is 1.16 bits per heavy atom. The summed E-state index contributed by atoms with van der Waals surface area (Å²) in [5.41, 5.74) is 19.6. The van der Waals surface area contributed by atoms with Crippen LogP contribution >= 0.6 is 0 Å². The first-order chi connectivity index (χ1) is 24.1. The third-order valence-corrected chi connectivity index (χ3v) is 10.5. The van der Waals surface area contributed by atoms with Crippen LogP contribution in [0.2, 0.25) is 0 Å². The van der Waals surface area contributed by atoms with Crippen LogP contribution in [-0.4, -0.2) is 6.71 Å². The maximum atomic E-state index is 2.59. The molecule has 0 aliphatic carbocycles. The van der Waals surface area contributed by atoms with Gasteiger partial charge in [0.1, 0.15) is 0 Å². The van der Waals surface area contributed by atoms with Crippen LogP contribution in [0.25, 0.3) is 11.1 Å². The molecule has 2 aliphatic heterocycles. The highest BCUT2D eigenvalue weighted by Crippen LogP contribution is 2.47. The zero-order valence-electron chi connectivity index (χ0n) is 29.3. The molecular weight excluding hydrogens is 591 g/mol. The van der Waals surface area contributed by atoms with Crippen LogP contribution in [0.3, 0.4) is 0 Å². The number of rotatable bonds is 9. The summed E-state index contributed by atoms with van der Waals surface area (Å²) in [6.07, 6.45) is 7.03. The molecular formula is C46H45BN2. The fourth-order valence-corrected chi connectivity index (χ4v) is 8.10. The van der Waals surface area contributed by atoms with Crippen molar-refractivity contribution in [3.63, 3.8) is 0 Å². The second kappa shape index (κ2) is 13.1. The highest BCUT2D eigenvalue weighted by molar-refractivity contribution is 7.00. The van der Waals surface area contributed by atoms with Gasteiger partial charge in [0, 0.05) is 34.0 Å². The van der Waals surface area contributed by atoms with Crippen LogP contribution in [0.1, 0.15) is 61.8 Å². The molecule has 0 saturated carbocycles. The lowest BCUT2D eigenvalue weighted by Gasteiger charge is -2.45.